The highest BCUT2D eigenvalue weighted by Gasteiger charge is 2.28. The maximum Gasteiger partial charge on any atom is 0.313 e. The van der Waals surface area contributed by atoms with Crippen molar-refractivity contribution < 1.29 is 26.5 Å². The van der Waals surface area contributed by atoms with Gasteiger partial charge in [0.05, 0.1) is 27.6 Å². The molecule has 4 heteroatoms. The number of nitrogens with zero attached hydrogens (tertiary/aromatic N) is 1. The third-order valence-corrected chi connectivity index (χ3v) is 8.80. The molecule has 0 bridgehead atoms. The number of unbranched alkanes of at least 4 members (excludes halogenated alkanes) is 24. The van der Waals surface area contributed by atoms with Crippen molar-refractivity contribution in [1.29, 1.82) is 0 Å². The van der Waals surface area contributed by atoms with Gasteiger partial charge in [-0.2, -0.15) is 0 Å². The van der Waals surface area contributed by atoms with Crippen molar-refractivity contribution >= 4 is 11.7 Å². The molecule has 1 aliphatic carbocycles. The molecule has 0 radical (unpaired) electrons. The van der Waals surface area contributed by atoms with Crippen LogP contribution in [0, 0.1) is 5.92 Å². The largest absolute Gasteiger partial charge is 1.00 e. The maximum atomic E-state index is 11.7. The predicted octanol–water partition coefficient (Wildman–Crippen LogP) is 9.15. The van der Waals surface area contributed by atoms with Gasteiger partial charge < -0.3 is 12.4 Å². The Morgan fingerprint density at radius 2 is 0.714 bits per heavy atom. The van der Waals surface area contributed by atoms with Crippen LogP contribution in [0.25, 0.3) is 0 Å². The Kier molecular flexibility index (Phi) is 33.3. The van der Waals surface area contributed by atoms with E-state index in [0.29, 0.717) is 22.1 Å². The molecule has 42 heavy (non-hydrogen) atoms. The fraction of sp³-hybridized carbons (Fsp3) is 0.947. The average molecular weight is 614 g/mol. The molecule has 1 aliphatic rings. The number of hydrogen-bond donors (Lipinski definition) is 0. The van der Waals surface area contributed by atoms with E-state index in [9.17, 15) is 9.59 Å². The maximum absolute atomic E-state index is 11.7. The first-order valence-corrected chi connectivity index (χ1v) is 18.7. The smallest absolute Gasteiger partial charge is 0.313 e. The summed E-state index contributed by atoms with van der Waals surface area (Å²) >= 11 is 0. The van der Waals surface area contributed by atoms with Gasteiger partial charge in [-0.1, -0.05) is 168 Å². The van der Waals surface area contributed by atoms with Gasteiger partial charge in [-0.25, -0.2) is 4.79 Å². The summed E-state index contributed by atoms with van der Waals surface area (Å²) in [6, 6.07) is 0. The number of Topliss-reactive ketones (excluding diaryl/α,β-unsaturated/α-hetero) is 1. The predicted molar refractivity (Wildman–Crippen MR) is 181 cm³/mol. The first kappa shape index (κ1) is 43.7. The first-order valence-electron chi connectivity index (χ1n) is 18.7. The van der Waals surface area contributed by atoms with E-state index >= 15 is 0 Å². The van der Waals surface area contributed by atoms with E-state index in [1.807, 2.05) is 21.1 Å². The molecule has 0 atom stereocenters. The number of hydrogen-bond acceptors (Lipinski definition) is 2. The number of quaternary nitrogens is 1. The molecule has 0 N–H and O–H groups in total. The average Bonchev–Trinajstić information content (AvgIpc) is 3.79. The Hall–Kier alpha value is -0.410. The molecular formula is C38H76ClNO2. The fourth-order valence-corrected chi connectivity index (χ4v) is 5.56. The Morgan fingerprint density at radius 1 is 0.452 bits per heavy atom. The Morgan fingerprint density at radius 3 is 0.976 bits per heavy atom. The first-order chi connectivity index (χ1) is 19.8. The third kappa shape index (κ3) is 32.5. The monoisotopic (exact) mass is 614 g/mol. The van der Waals surface area contributed by atoms with Crippen LogP contribution in [-0.2, 0) is 9.59 Å². The summed E-state index contributed by atoms with van der Waals surface area (Å²) in [5.41, 5.74) is 0. The molecule has 0 saturated heterocycles. The van der Waals surface area contributed by atoms with E-state index in [4.69, 9.17) is 0 Å². The molecule has 1 fully saturated rings. The summed E-state index contributed by atoms with van der Waals surface area (Å²) in [6.45, 7) is 4.56. The number of halogens is 1. The van der Waals surface area contributed by atoms with E-state index in [0.717, 1.165) is 25.7 Å². The van der Waals surface area contributed by atoms with Crippen LogP contribution in [-0.4, -0.2) is 37.3 Å². The highest BCUT2D eigenvalue weighted by Crippen LogP contribution is 2.31. The Balaban J connectivity index is 0. The van der Waals surface area contributed by atoms with Gasteiger partial charge in [-0.05, 0) is 25.7 Å². The van der Waals surface area contributed by atoms with Gasteiger partial charge in [0.1, 0.15) is 5.78 Å². The van der Waals surface area contributed by atoms with Crippen LogP contribution in [0.1, 0.15) is 206 Å². The van der Waals surface area contributed by atoms with Gasteiger partial charge in [-0.15, -0.1) is 0 Å². The van der Waals surface area contributed by atoms with Crippen LogP contribution in [0.15, 0.2) is 0 Å². The van der Waals surface area contributed by atoms with E-state index in [1.54, 1.807) is 0 Å². The standard InChI is InChI=1S/C19H40NO.C19H36O.ClH/c1-5-6-7-8-9-10-11-12-13-14-15-16-17-18-19(21)20(2,3)4;1-2-3-4-5-6-7-8-9-10-11-12-13-14-15-19(20)18-16-17-18;/h5-18H2,1-4H3;18H,2-17H2,1H3;1H/q+1;;/p-1. The third-order valence-electron chi connectivity index (χ3n) is 8.80. The minimum atomic E-state index is 0. The molecule has 1 amide bonds. The van der Waals surface area contributed by atoms with Crippen LogP contribution in [0.2, 0.25) is 0 Å². The van der Waals surface area contributed by atoms with Crippen molar-refractivity contribution in [3.05, 3.63) is 0 Å². The topological polar surface area (TPSA) is 34.1 Å². The Bertz CT molecular complexity index is 582. The van der Waals surface area contributed by atoms with Crippen molar-refractivity contribution in [2.75, 3.05) is 21.1 Å². The number of carbonyl (C=O) groups excluding carboxylic acids is 2. The molecule has 0 unspecified atom stereocenters. The summed E-state index contributed by atoms with van der Waals surface area (Å²) in [5, 5.41) is 0. The van der Waals surface area contributed by atoms with E-state index in [-0.39, 0.29) is 12.4 Å². The highest BCUT2D eigenvalue weighted by atomic mass is 35.5. The second-order valence-corrected chi connectivity index (χ2v) is 14.1. The Labute approximate surface area is 271 Å². The van der Waals surface area contributed by atoms with Crippen molar-refractivity contribution in [2.45, 2.75) is 206 Å². The number of ketones is 1. The van der Waals surface area contributed by atoms with Gasteiger partial charge in [0, 0.05) is 12.3 Å². The van der Waals surface area contributed by atoms with Crippen LogP contribution in [0.4, 0.5) is 0 Å². The zero-order valence-electron chi connectivity index (χ0n) is 29.4. The minimum Gasteiger partial charge on any atom is -1.00 e. The van der Waals surface area contributed by atoms with Crippen molar-refractivity contribution in [3.63, 3.8) is 0 Å². The lowest BCUT2D eigenvalue weighted by atomic mass is 10.0. The van der Waals surface area contributed by atoms with Crippen LogP contribution in [0.3, 0.4) is 0 Å². The van der Waals surface area contributed by atoms with Gasteiger partial charge in [0.15, 0.2) is 0 Å². The second-order valence-electron chi connectivity index (χ2n) is 14.1. The molecular weight excluding hydrogens is 538 g/mol. The molecule has 0 aromatic carbocycles. The molecule has 3 nitrogen and oxygen atoms in total. The van der Waals surface area contributed by atoms with Gasteiger partial charge in [0.25, 0.3) is 0 Å². The van der Waals surface area contributed by atoms with E-state index < -0.39 is 0 Å². The van der Waals surface area contributed by atoms with Crippen molar-refractivity contribution in [2.24, 2.45) is 5.92 Å². The molecule has 0 spiro atoms. The molecule has 0 aromatic rings. The van der Waals surface area contributed by atoms with Crippen molar-refractivity contribution in [1.82, 2.24) is 0 Å². The normalized spacial score (nSPS) is 12.9. The molecule has 1 rings (SSSR count). The quantitative estimate of drug-likeness (QED) is 0.0622. The van der Waals surface area contributed by atoms with E-state index in [1.165, 1.54) is 167 Å². The lowest BCUT2D eigenvalue weighted by Gasteiger charge is -2.20. The minimum absolute atomic E-state index is 0. The molecule has 0 aliphatic heterocycles. The van der Waals surface area contributed by atoms with Gasteiger partial charge in [-0.3, -0.25) is 9.28 Å². The summed E-state index contributed by atoms with van der Waals surface area (Å²) in [7, 11) is 5.89. The van der Waals surface area contributed by atoms with Crippen LogP contribution in [0.5, 0.6) is 0 Å². The fourth-order valence-electron chi connectivity index (χ4n) is 5.56. The molecule has 0 aromatic heterocycles. The zero-order chi connectivity index (χ0) is 30.4. The highest BCUT2D eigenvalue weighted by molar-refractivity contribution is 5.83. The summed E-state index contributed by atoms with van der Waals surface area (Å²) in [4.78, 5) is 23.2. The number of carbonyl (C=O) groups is 2. The van der Waals surface area contributed by atoms with Crippen LogP contribution >= 0.6 is 0 Å². The number of amides is 1. The number of rotatable bonds is 29. The van der Waals surface area contributed by atoms with Crippen molar-refractivity contribution in [3.8, 4) is 0 Å². The summed E-state index contributed by atoms with van der Waals surface area (Å²) in [5.74, 6) is 1.39. The lowest BCUT2D eigenvalue weighted by Crippen LogP contribution is -3.00. The lowest BCUT2D eigenvalue weighted by molar-refractivity contribution is -0.792. The second kappa shape index (κ2) is 32.0. The molecule has 0 heterocycles. The van der Waals surface area contributed by atoms with E-state index in [2.05, 4.69) is 13.8 Å². The summed E-state index contributed by atoms with van der Waals surface area (Å²) in [6.07, 6.45) is 39.6. The van der Waals surface area contributed by atoms with Crippen LogP contribution < -0.4 is 12.4 Å². The molecule has 1 saturated carbocycles. The summed E-state index contributed by atoms with van der Waals surface area (Å²) < 4.78 is 0.470. The zero-order valence-corrected chi connectivity index (χ0v) is 30.2. The van der Waals surface area contributed by atoms with Gasteiger partial charge in [0.2, 0.25) is 0 Å². The molecule has 252 valence electrons. The van der Waals surface area contributed by atoms with Gasteiger partial charge >= 0.3 is 5.91 Å². The SMILES string of the molecule is CCCCCCCCCCCCCCCC(=O)C1CC1.CCCCCCCCCCCCCCCC(=O)[N+](C)(C)C.[Cl-].